The molecule has 2 atom stereocenters. The molecule has 0 spiro atoms. The maximum Gasteiger partial charge on any atom is 0.228 e. The molecule has 24 heavy (non-hydrogen) atoms. The summed E-state index contributed by atoms with van der Waals surface area (Å²) in [6, 6.07) is 6.03. The van der Waals surface area contributed by atoms with Crippen molar-refractivity contribution in [2.75, 3.05) is 13.7 Å². The van der Waals surface area contributed by atoms with E-state index < -0.39 is 0 Å². The lowest BCUT2D eigenvalue weighted by atomic mass is 9.96. The molecule has 128 valence electrons. The van der Waals surface area contributed by atoms with E-state index in [9.17, 15) is 4.79 Å². The molecule has 2 aromatic heterocycles. The maximum absolute atomic E-state index is 12.9. The third-order valence-corrected chi connectivity index (χ3v) is 4.39. The Kier molecular flexibility index (Phi) is 4.94. The van der Waals surface area contributed by atoms with Gasteiger partial charge in [-0.1, -0.05) is 6.07 Å². The van der Waals surface area contributed by atoms with E-state index in [1.807, 2.05) is 42.3 Å². The van der Waals surface area contributed by atoms with Crippen molar-refractivity contribution in [2.24, 2.45) is 5.92 Å². The quantitative estimate of drug-likeness (QED) is 0.846. The van der Waals surface area contributed by atoms with Gasteiger partial charge in [-0.25, -0.2) is 0 Å². The lowest BCUT2D eigenvalue weighted by Crippen LogP contribution is -2.34. The van der Waals surface area contributed by atoms with Crippen LogP contribution in [-0.4, -0.2) is 39.2 Å². The van der Waals surface area contributed by atoms with Gasteiger partial charge in [0.2, 0.25) is 5.91 Å². The van der Waals surface area contributed by atoms with Crippen LogP contribution < -0.4 is 0 Å². The average Bonchev–Trinajstić information content (AvgIpc) is 3.24. The second-order valence-electron chi connectivity index (χ2n) is 6.55. The standard InChI is InChI=1S/C18H24N4O2/c1-13(2)22-11-14(10-20-22)17-16(7-9-24-17)18(23)21(3)12-15-6-4-5-8-19-15/h4-6,8,10-11,13,16-17H,7,9,12H2,1-3H3/t16-,17+/m1/s1. The van der Waals surface area contributed by atoms with Gasteiger partial charge in [-0.2, -0.15) is 5.10 Å². The lowest BCUT2D eigenvalue weighted by Gasteiger charge is -2.23. The fourth-order valence-electron chi connectivity index (χ4n) is 3.05. The Morgan fingerprint density at radius 1 is 1.46 bits per heavy atom. The molecule has 0 radical (unpaired) electrons. The third kappa shape index (κ3) is 3.48. The molecule has 0 aliphatic carbocycles. The zero-order chi connectivity index (χ0) is 17.1. The van der Waals surface area contributed by atoms with Crippen LogP contribution in [0.4, 0.5) is 0 Å². The average molecular weight is 328 g/mol. The number of nitrogens with zero attached hydrogens (tertiary/aromatic N) is 4. The van der Waals surface area contributed by atoms with E-state index in [4.69, 9.17) is 4.74 Å². The van der Waals surface area contributed by atoms with Crippen molar-refractivity contribution in [1.29, 1.82) is 0 Å². The summed E-state index contributed by atoms with van der Waals surface area (Å²) in [5, 5.41) is 4.37. The number of ether oxygens (including phenoxy) is 1. The Labute approximate surface area is 142 Å². The molecule has 1 amide bonds. The molecule has 1 fully saturated rings. The summed E-state index contributed by atoms with van der Waals surface area (Å²) in [7, 11) is 1.82. The smallest absolute Gasteiger partial charge is 0.228 e. The van der Waals surface area contributed by atoms with E-state index in [0.717, 1.165) is 17.7 Å². The molecule has 1 aliphatic heterocycles. The molecule has 3 heterocycles. The van der Waals surface area contributed by atoms with Gasteiger partial charge in [0.25, 0.3) is 0 Å². The van der Waals surface area contributed by atoms with Crippen LogP contribution in [0.5, 0.6) is 0 Å². The van der Waals surface area contributed by atoms with Crippen LogP contribution in [0.2, 0.25) is 0 Å². The number of hydrogen-bond donors (Lipinski definition) is 0. The Bertz CT molecular complexity index is 683. The molecule has 0 unspecified atom stereocenters. The minimum Gasteiger partial charge on any atom is -0.373 e. The van der Waals surface area contributed by atoms with Crippen LogP contribution in [0.1, 0.15) is 43.7 Å². The summed E-state index contributed by atoms with van der Waals surface area (Å²) in [5.74, 6) is -0.0658. The maximum atomic E-state index is 12.9. The highest BCUT2D eigenvalue weighted by molar-refractivity contribution is 5.79. The normalized spacial score (nSPS) is 20.5. The number of pyridine rings is 1. The summed E-state index contributed by atoms with van der Waals surface area (Å²) >= 11 is 0. The highest BCUT2D eigenvalue weighted by Crippen LogP contribution is 2.35. The molecule has 0 bridgehead atoms. The van der Waals surface area contributed by atoms with Gasteiger partial charge < -0.3 is 9.64 Å². The second-order valence-corrected chi connectivity index (χ2v) is 6.55. The van der Waals surface area contributed by atoms with Crippen molar-refractivity contribution in [3.8, 4) is 0 Å². The Balaban J connectivity index is 1.70. The fourth-order valence-corrected chi connectivity index (χ4v) is 3.05. The summed E-state index contributed by atoms with van der Waals surface area (Å²) in [5.41, 5.74) is 1.86. The van der Waals surface area contributed by atoms with Crippen LogP contribution in [0.25, 0.3) is 0 Å². The minimum absolute atomic E-state index is 0.0976. The predicted octanol–water partition coefficient (Wildman–Crippen LogP) is 2.60. The van der Waals surface area contributed by atoms with Crippen LogP contribution in [0, 0.1) is 5.92 Å². The van der Waals surface area contributed by atoms with E-state index in [-0.39, 0.29) is 17.9 Å². The summed E-state index contributed by atoms with van der Waals surface area (Å²) < 4.78 is 7.75. The first-order valence-electron chi connectivity index (χ1n) is 8.37. The number of aromatic nitrogens is 3. The number of carbonyl (C=O) groups is 1. The van der Waals surface area contributed by atoms with Crippen molar-refractivity contribution in [3.63, 3.8) is 0 Å². The molecule has 1 saturated heterocycles. The van der Waals surface area contributed by atoms with E-state index in [0.29, 0.717) is 19.2 Å². The van der Waals surface area contributed by atoms with Gasteiger partial charge in [-0.05, 0) is 32.4 Å². The number of carbonyl (C=O) groups excluding carboxylic acids is 1. The fraction of sp³-hybridized carbons (Fsp3) is 0.500. The van der Waals surface area contributed by atoms with Crippen molar-refractivity contribution >= 4 is 5.91 Å². The van der Waals surface area contributed by atoms with Gasteiger partial charge in [0.05, 0.1) is 30.5 Å². The summed E-state index contributed by atoms with van der Waals surface area (Å²) in [4.78, 5) is 18.9. The predicted molar refractivity (Wildman–Crippen MR) is 90.1 cm³/mol. The van der Waals surface area contributed by atoms with E-state index in [1.54, 1.807) is 11.1 Å². The van der Waals surface area contributed by atoms with E-state index >= 15 is 0 Å². The molecular formula is C18H24N4O2. The highest BCUT2D eigenvalue weighted by atomic mass is 16.5. The largest absolute Gasteiger partial charge is 0.373 e. The zero-order valence-electron chi connectivity index (χ0n) is 14.4. The molecule has 6 nitrogen and oxygen atoms in total. The second kappa shape index (κ2) is 7.13. The first kappa shape index (κ1) is 16.6. The van der Waals surface area contributed by atoms with Gasteiger partial charge in [0, 0.05) is 37.7 Å². The molecule has 0 aromatic carbocycles. The number of amides is 1. The van der Waals surface area contributed by atoms with E-state index in [1.165, 1.54) is 0 Å². The molecule has 0 saturated carbocycles. The molecular weight excluding hydrogens is 304 g/mol. The first-order valence-corrected chi connectivity index (χ1v) is 8.37. The van der Waals surface area contributed by atoms with Gasteiger partial charge in [-0.3, -0.25) is 14.5 Å². The van der Waals surface area contributed by atoms with Gasteiger partial charge >= 0.3 is 0 Å². The number of rotatable bonds is 5. The van der Waals surface area contributed by atoms with Crippen molar-refractivity contribution in [2.45, 2.75) is 39.0 Å². The topological polar surface area (TPSA) is 60.2 Å². The van der Waals surface area contributed by atoms with Crippen molar-refractivity contribution in [1.82, 2.24) is 19.7 Å². The molecule has 3 rings (SSSR count). The molecule has 1 aliphatic rings. The highest BCUT2D eigenvalue weighted by Gasteiger charge is 2.37. The Morgan fingerprint density at radius 2 is 2.29 bits per heavy atom. The molecule has 2 aromatic rings. The van der Waals surface area contributed by atoms with Crippen LogP contribution in [0.3, 0.4) is 0 Å². The van der Waals surface area contributed by atoms with Crippen molar-refractivity contribution < 1.29 is 9.53 Å². The zero-order valence-corrected chi connectivity index (χ0v) is 14.4. The Hall–Kier alpha value is -2.21. The van der Waals surface area contributed by atoms with Crippen LogP contribution in [0.15, 0.2) is 36.8 Å². The first-order chi connectivity index (χ1) is 11.6. The minimum atomic E-state index is -0.212. The Morgan fingerprint density at radius 3 is 2.96 bits per heavy atom. The number of hydrogen-bond acceptors (Lipinski definition) is 4. The van der Waals surface area contributed by atoms with Crippen molar-refractivity contribution in [3.05, 3.63) is 48.0 Å². The van der Waals surface area contributed by atoms with Gasteiger partial charge in [0.15, 0.2) is 0 Å². The van der Waals surface area contributed by atoms with E-state index in [2.05, 4.69) is 23.9 Å². The molecule has 0 N–H and O–H groups in total. The van der Waals surface area contributed by atoms with Crippen LogP contribution >= 0.6 is 0 Å². The molecule has 6 heteroatoms. The van der Waals surface area contributed by atoms with Gasteiger partial charge in [0.1, 0.15) is 0 Å². The SMILES string of the molecule is CC(C)n1cc([C@@H]2OCC[C@H]2C(=O)N(C)Cc2ccccn2)cn1. The lowest BCUT2D eigenvalue weighted by molar-refractivity contribution is -0.136. The monoisotopic (exact) mass is 328 g/mol. The summed E-state index contributed by atoms with van der Waals surface area (Å²) in [6.07, 6.45) is 6.07. The third-order valence-electron chi connectivity index (χ3n) is 4.39. The summed E-state index contributed by atoms with van der Waals surface area (Å²) in [6.45, 7) is 5.27. The van der Waals surface area contributed by atoms with Gasteiger partial charge in [-0.15, -0.1) is 0 Å². The van der Waals surface area contributed by atoms with Crippen LogP contribution in [-0.2, 0) is 16.1 Å².